The number of aromatic nitrogens is 3. The second-order valence-electron chi connectivity index (χ2n) is 3.61. The van der Waals surface area contributed by atoms with Gasteiger partial charge in [-0.25, -0.2) is 9.78 Å². The molecule has 2 rings (SSSR count). The quantitative estimate of drug-likeness (QED) is 0.858. The summed E-state index contributed by atoms with van der Waals surface area (Å²) in [6.45, 7) is 3.97. The van der Waals surface area contributed by atoms with E-state index in [0.717, 1.165) is 10.7 Å². The molecule has 0 saturated heterocycles. The van der Waals surface area contributed by atoms with E-state index in [1.165, 1.54) is 11.3 Å². The van der Waals surface area contributed by atoms with Gasteiger partial charge in [-0.3, -0.25) is 4.68 Å². The van der Waals surface area contributed by atoms with E-state index in [0.29, 0.717) is 17.4 Å². The number of esters is 1. The van der Waals surface area contributed by atoms with Crippen molar-refractivity contribution >= 4 is 28.3 Å². The molecule has 0 aliphatic heterocycles. The zero-order valence-electron chi connectivity index (χ0n) is 10.4. The van der Waals surface area contributed by atoms with E-state index < -0.39 is 0 Å². The lowest BCUT2D eigenvalue weighted by Gasteiger charge is -2.01. The molecule has 0 bridgehead atoms. The van der Waals surface area contributed by atoms with Crippen LogP contribution in [0.1, 0.15) is 22.3 Å². The summed E-state index contributed by atoms with van der Waals surface area (Å²) in [5.41, 5.74) is 0.367. The van der Waals surface area contributed by atoms with Gasteiger partial charge in [0.15, 0.2) is 10.8 Å². The fourth-order valence-electron chi connectivity index (χ4n) is 1.44. The second-order valence-corrected chi connectivity index (χ2v) is 4.81. The Balaban J connectivity index is 2.19. The number of anilines is 2. The van der Waals surface area contributed by atoms with E-state index in [2.05, 4.69) is 15.4 Å². The predicted octanol–water partition coefficient (Wildman–Crippen LogP) is 2.11. The Kier molecular flexibility index (Phi) is 3.61. The molecule has 0 radical (unpaired) electrons. The Morgan fingerprint density at radius 1 is 1.61 bits per heavy atom. The van der Waals surface area contributed by atoms with Crippen LogP contribution in [0.4, 0.5) is 10.9 Å². The van der Waals surface area contributed by atoms with Crippen LogP contribution in [0.3, 0.4) is 0 Å². The molecule has 0 atom stereocenters. The Bertz CT molecular complexity index is 561. The summed E-state index contributed by atoms with van der Waals surface area (Å²) in [6, 6.07) is 1.83. The number of nitrogens with one attached hydrogen (secondary N) is 1. The second kappa shape index (κ2) is 5.18. The van der Waals surface area contributed by atoms with Crippen molar-refractivity contribution in [2.45, 2.75) is 13.8 Å². The van der Waals surface area contributed by atoms with Crippen LogP contribution in [0, 0.1) is 6.92 Å². The Morgan fingerprint density at radius 2 is 2.39 bits per heavy atom. The van der Waals surface area contributed by atoms with Crippen molar-refractivity contribution in [3.8, 4) is 0 Å². The number of hydrogen-bond acceptors (Lipinski definition) is 6. The molecule has 2 heterocycles. The highest BCUT2D eigenvalue weighted by Gasteiger charge is 2.16. The smallest absolute Gasteiger partial charge is 0.358 e. The van der Waals surface area contributed by atoms with Crippen LogP contribution in [0.5, 0.6) is 0 Å². The minimum atomic E-state index is -0.385. The van der Waals surface area contributed by atoms with E-state index in [9.17, 15) is 4.79 Å². The number of thiazole rings is 1. The molecule has 0 unspecified atom stereocenters. The first kappa shape index (κ1) is 12.6. The topological polar surface area (TPSA) is 69.0 Å². The van der Waals surface area contributed by atoms with Crippen LogP contribution in [0.2, 0.25) is 0 Å². The normalized spacial score (nSPS) is 10.4. The summed E-state index contributed by atoms with van der Waals surface area (Å²) in [7, 11) is 1.83. The third-order valence-electron chi connectivity index (χ3n) is 2.32. The van der Waals surface area contributed by atoms with Gasteiger partial charge in [-0.1, -0.05) is 0 Å². The molecule has 18 heavy (non-hydrogen) atoms. The van der Waals surface area contributed by atoms with E-state index >= 15 is 0 Å². The number of rotatable bonds is 4. The molecule has 0 saturated carbocycles. The summed E-state index contributed by atoms with van der Waals surface area (Å²) in [4.78, 5) is 16.7. The predicted molar refractivity (Wildman–Crippen MR) is 69.3 cm³/mol. The maximum absolute atomic E-state index is 11.6. The summed E-state index contributed by atoms with van der Waals surface area (Å²) < 4.78 is 6.64. The van der Waals surface area contributed by atoms with Crippen LogP contribution in [-0.2, 0) is 11.8 Å². The van der Waals surface area contributed by atoms with Gasteiger partial charge >= 0.3 is 5.97 Å². The van der Waals surface area contributed by atoms with Gasteiger partial charge in [0.2, 0.25) is 0 Å². The molecular formula is C11H14N4O2S. The minimum absolute atomic E-state index is 0.348. The fraction of sp³-hybridized carbons (Fsp3) is 0.364. The molecule has 6 nitrogen and oxygen atoms in total. The zero-order chi connectivity index (χ0) is 13.1. The molecular weight excluding hydrogens is 252 g/mol. The minimum Gasteiger partial charge on any atom is -0.461 e. The van der Waals surface area contributed by atoms with Crippen LogP contribution >= 0.6 is 11.3 Å². The van der Waals surface area contributed by atoms with Crippen molar-refractivity contribution in [3.63, 3.8) is 0 Å². The monoisotopic (exact) mass is 266 g/mol. The molecule has 0 spiro atoms. The van der Waals surface area contributed by atoms with Gasteiger partial charge in [0, 0.05) is 18.0 Å². The van der Waals surface area contributed by atoms with Crippen LogP contribution in [-0.4, -0.2) is 27.3 Å². The lowest BCUT2D eigenvalue weighted by atomic mass is 10.4. The molecule has 7 heteroatoms. The standard InChI is InChI=1S/C11H14N4O2S/c1-4-17-10(16)9-7(2)18-11(14-9)13-8-5-6-12-15(8)3/h5-6H,4H2,1-3H3,(H,13,14). The lowest BCUT2D eigenvalue weighted by Crippen LogP contribution is -2.06. The lowest BCUT2D eigenvalue weighted by molar-refractivity contribution is 0.0519. The maximum atomic E-state index is 11.6. The molecule has 96 valence electrons. The first-order valence-corrected chi connectivity index (χ1v) is 6.33. The summed E-state index contributed by atoms with van der Waals surface area (Å²) in [5, 5.41) is 7.81. The van der Waals surface area contributed by atoms with Gasteiger partial charge in [-0.2, -0.15) is 5.10 Å². The average molecular weight is 266 g/mol. The molecule has 0 amide bonds. The maximum Gasteiger partial charge on any atom is 0.358 e. The van der Waals surface area contributed by atoms with Gasteiger partial charge in [0.1, 0.15) is 5.82 Å². The van der Waals surface area contributed by atoms with Crippen molar-refractivity contribution < 1.29 is 9.53 Å². The Morgan fingerprint density at radius 3 is 3.00 bits per heavy atom. The largest absolute Gasteiger partial charge is 0.461 e. The first-order chi connectivity index (χ1) is 8.61. The van der Waals surface area contributed by atoms with Crippen molar-refractivity contribution in [3.05, 3.63) is 22.8 Å². The molecule has 0 aromatic carbocycles. The molecule has 0 fully saturated rings. The van der Waals surface area contributed by atoms with E-state index in [1.807, 2.05) is 20.0 Å². The third-order valence-corrected chi connectivity index (χ3v) is 3.21. The molecule has 1 N–H and O–H groups in total. The van der Waals surface area contributed by atoms with Gasteiger partial charge in [0.05, 0.1) is 12.8 Å². The van der Waals surface area contributed by atoms with Crippen molar-refractivity contribution in [1.82, 2.24) is 14.8 Å². The van der Waals surface area contributed by atoms with E-state index in [4.69, 9.17) is 4.74 Å². The van der Waals surface area contributed by atoms with Crippen molar-refractivity contribution in [2.24, 2.45) is 7.05 Å². The Labute approximate surface area is 109 Å². The number of carbonyl (C=O) groups is 1. The van der Waals surface area contributed by atoms with Crippen LogP contribution in [0.25, 0.3) is 0 Å². The Hall–Kier alpha value is -1.89. The van der Waals surface area contributed by atoms with E-state index in [1.54, 1.807) is 17.8 Å². The molecule has 0 aliphatic rings. The SMILES string of the molecule is CCOC(=O)c1nc(Nc2ccnn2C)sc1C. The summed E-state index contributed by atoms with van der Waals surface area (Å²) in [5.74, 6) is 0.434. The van der Waals surface area contributed by atoms with Crippen LogP contribution < -0.4 is 5.32 Å². The number of aryl methyl sites for hydroxylation is 2. The third kappa shape index (κ3) is 2.51. The van der Waals surface area contributed by atoms with Crippen molar-refractivity contribution in [1.29, 1.82) is 0 Å². The van der Waals surface area contributed by atoms with Gasteiger partial charge in [0.25, 0.3) is 0 Å². The van der Waals surface area contributed by atoms with Gasteiger partial charge in [-0.15, -0.1) is 11.3 Å². The fourth-order valence-corrected chi connectivity index (χ4v) is 2.25. The highest BCUT2D eigenvalue weighted by Crippen LogP contribution is 2.25. The number of carbonyl (C=O) groups excluding carboxylic acids is 1. The van der Waals surface area contributed by atoms with Crippen LogP contribution in [0.15, 0.2) is 12.3 Å². The van der Waals surface area contributed by atoms with Gasteiger partial charge < -0.3 is 10.1 Å². The zero-order valence-corrected chi connectivity index (χ0v) is 11.2. The van der Waals surface area contributed by atoms with Gasteiger partial charge in [-0.05, 0) is 13.8 Å². The molecule has 2 aromatic rings. The summed E-state index contributed by atoms with van der Waals surface area (Å²) >= 11 is 1.41. The van der Waals surface area contributed by atoms with E-state index in [-0.39, 0.29) is 5.97 Å². The average Bonchev–Trinajstić information content (AvgIpc) is 2.87. The molecule has 2 aromatic heterocycles. The molecule has 0 aliphatic carbocycles. The number of nitrogens with zero attached hydrogens (tertiary/aromatic N) is 3. The van der Waals surface area contributed by atoms with Crippen molar-refractivity contribution in [2.75, 3.05) is 11.9 Å². The first-order valence-electron chi connectivity index (χ1n) is 5.51. The number of hydrogen-bond donors (Lipinski definition) is 1. The number of ether oxygens (including phenoxy) is 1. The highest BCUT2D eigenvalue weighted by atomic mass is 32.1. The summed E-state index contributed by atoms with van der Waals surface area (Å²) in [6.07, 6.45) is 1.69. The highest BCUT2D eigenvalue weighted by molar-refractivity contribution is 7.15.